The van der Waals surface area contributed by atoms with E-state index in [2.05, 4.69) is 4.98 Å². The van der Waals surface area contributed by atoms with E-state index >= 15 is 0 Å². The van der Waals surface area contributed by atoms with E-state index in [9.17, 15) is 18.3 Å². The van der Waals surface area contributed by atoms with Gasteiger partial charge in [0.15, 0.2) is 0 Å². The molecule has 2 nitrogen and oxygen atoms in total. The van der Waals surface area contributed by atoms with Crippen molar-refractivity contribution in [1.82, 2.24) is 4.98 Å². The Bertz CT molecular complexity index is 605. The van der Waals surface area contributed by atoms with E-state index in [1.54, 1.807) is 11.7 Å². The first kappa shape index (κ1) is 17.6. The van der Waals surface area contributed by atoms with Gasteiger partial charge in [-0.25, -0.2) is 0 Å². The fraction of sp³-hybridized carbons (Fsp3) is 0.357. The van der Waals surface area contributed by atoms with Crippen LogP contribution in [0.5, 0.6) is 0 Å². The van der Waals surface area contributed by atoms with Crippen LogP contribution in [-0.4, -0.2) is 21.9 Å². The summed E-state index contributed by atoms with van der Waals surface area (Å²) in [6, 6.07) is 3.23. The number of hydrogen-bond donors (Lipinski definition) is 1. The minimum atomic E-state index is -4.41. The number of aliphatic hydroxyl groups excluding tert-OH is 1. The average Bonchev–Trinajstić information content (AvgIpc) is 2.97. The Morgan fingerprint density at radius 1 is 1.36 bits per heavy atom. The van der Waals surface area contributed by atoms with Gasteiger partial charge in [0, 0.05) is 21.2 Å². The predicted molar refractivity (Wildman–Crippen MR) is 83.6 cm³/mol. The highest BCUT2D eigenvalue weighted by molar-refractivity contribution is 8.00. The van der Waals surface area contributed by atoms with Crippen molar-refractivity contribution >= 4 is 34.7 Å². The molecule has 1 atom stereocenters. The monoisotopic (exact) mass is 367 g/mol. The first-order chi connectivity index (χ1) is 10.4. The summed E-state index contributed by atoms with van der Waals surface area (Å²) in [5.41, 5.74) is 0.985. The van der Waals surface area contributed by atoms with Gasteiger partial charge in [-0.15, -0.1) is 23.1 Å². The summed E-state index contributed by atoms with van der Waals surface area (Å²) in [5, 5.41) is 9.48. The number of hydrogen-bond acceptors (Lipinski definition) is 4. The molecule has 8 heteroatoms. The number of thioether (sulfide) groups is 1. The number of aryl methyl sites for hydroxylation is 1. The molecule has 1 heterocycles. The van der Waals surface area contributed by atoms with E-state index in [4.69, 9.17) is 11.6 Å². The van der Waals surface area contributed by atoms with Gasteiger partial charge in [-0.3, -0.25) is 4.98 Å². The fourth-order valence-corrected chi connectivity index (χ4v) is 3.72. The third kappa shape index (κ3) is 4.87. The van der Waals surface area contributed by atoms with Crippen LogP contribution in [0, 0.1) is 0 Å². The van der Waals surface area contributed by atoms with Crippen molar-refractivity contribution in [1.29, 1.82) is 0 Å². The Balaban J connectivity index is 2.06. The second kappa shape index (κ2) is 7.68. The molecule has 0 unspecified atom stereocenters. The molecule has 1 aromatic carbocycles. The zero-order valence-corrected chi connectivity index (χ0v) is 13.7. The highest BCUT2D eigenvalue weighted by Crippen LogP contribution is 2.37. The Hall–Kier alpha value is -0.760. The maximum atomic E-state index is 12.7. The molecule has 0 radical (unpaired) electrons. The van der Waals surface area contributed by atoms with Crippen LogP contribution in [0.2, 0.25) is 5.02 Å². The molecular weight excluding hydrogens is 355 g/mol. The van der Waals surface area contributed by atoms with Gasteiger partial charge in [-0.2, -0.15) is 13.2 Å². The highest BCUT2D eigenvalue weighted by Gasteiger charge is 2.31. The molecule has 0 aliphatic heterocycles. The second-order valence-corrected chi connectivity index (χ2v) is 7.29. The van der Waals surface area contributed by atoms with E-state index in [0.29, 0.717) is 11.3 Å². The number of aliphatic hydroxyl groups is 1. The molecule has 1 N–H and O–H groups in total. The minimum absolute atomic E-state index is 0.129. The van der Waals surface area contributed by atoms with Crippen LogP contribution in [0.25, 0.3) is 0 Å². The van der Waals surface area contributed by atoms with Gasteiger partial charge in [-0.05, 0) is 31.0 Å². The van der Waals surface area contributed by atoms with Crippen molar-refractivity contribution in [2.75, 3.05) is 6.61 Å². The Morgan fingerprint density at radius 2 is 2.14 bits per heavy atom. The van der Waals surface area contributed by atoms with Crippen LogP contribution in [0.15, 0.2) is 34.8 Å². The molecule has 2 aromatic rings. The molecule has 0 aliphatic rings. The van der Waals surface area contributed by atoms with E-state index < -0.39 is 11.7 Å². The Morgan fingerprint density at radius 3 is 2.73 bits per heavy atom. The fourth-order valence-electron chi connectivity index (χ4n) is 1.81. The van der Waals surface area contributed by atoms with Gasteiger partial charge < -0.3 is 5.11 Å². The Labute approximate surface area is 139 Å². The molecule has 0 fully saturated rings. The zero-order chi connectivity index (χ0) is 16.2. The molecule has 1 aromatic heterocycles. The molecule has 0 saturated carbocycles. The molecular formula is C14H13ClF3NOS2. The number of aromatic nitrogens is 1. The summed E-state index contributed by atoms with van der Waals surface area (Å²) < 4.78 is 38.2. The van der Waals surface area contributed by atoms with Crippen molar-refractivity contribution in [2.24, 2.45) is 0 Å². The van der Waals surface area contributed by atoms with Gasteiger partial charge in [-0.1, -0.05) is 11.6 Å². The largest absolute Gasteiger partial charge is 0.416 e. The van der Waals surface area contributed by atoms with Gasteiger partial charge in [0.2, 0.25) is 0 Å². The summed E-state index contributed by atoms with van der Waals surface area (Å²) in [6.45, 7) is -0.129. The predicted octanol–water partition coefficient (Wildman–Crippen LogP) is 4.90. The second-order valence-electron chi connectivity index (χ2n) is 4.57. The molecule has 0 spiro atoms. The van der Waals surface area contributed by atoms with Crippen LogP contribution < -0.4 is 0 Å². The normalized spacial score (nSPS) is 13.3. The topological polar surface area (TPSA) is 33.1 Å². The maximum Gasteiger partial charge on any atom is 0.416 e. The first-order valence-electron chi connectivity index (χ1n) is 6.41. The lowest BCUT2D eigenvalue weighted by atomic mass is 10.2. The quantitative estimate of drug-likeness (QED) is 0.737. The summed E-state index contributed by atoms with van der Waals surface area (Å²) >= 11 is 8.65. The van der Waals surface area contributed by atoms with Gasteiger partial charge >= 0.3 is 6.18 Å². The molecule has 0 amide bonds. The van der Waals surface area contributed by atoms with Crippen LogP contribution in [-0.2, 0) is 12.6 Å². The van der Waals surface area contributed by atoms with E-state index in [1.807, 2.05) is 0 Å². The van der Waals surface area contributed by atoms with Crippen LogP contribution in [0.1, 0.15) is 16.9 Å². The van der Waals surface area contributed by atoms with Crippen molar-refractivity contribution in [3.05, 3.63) is 45.4 Å². The number of benzene rings is 1. The number of thiazole rings is 1. The van der Waals surface area contributed by atoms with Crippen molar-refractivity contribution < 1.29 is 18.3 Å². The molecule has 0 bridgehead atoms. The third-order valence-corrected chi connectivity index (χ3v) is 5.54. The third-order valence-electron chi connectivity index (χ3n) is 2.95. The lowest BCUT2D eigenvalue weighted by Crippen LogP contribution is -2.10. The minimum Gasteiger partial charge on any atom is -0.395 e. The highest BCUT2D eigenvalue weighted by atomic mass is 35.5. The SMILES string of the molecule is OC[C@H](CCc1cncs1)Sc1cc(C(F)(F)F)ccc1Cl. The summed E-state index contributed by atoms with van der Waals surface area (Å²) in [4.78, 5) is 5.38. The smallest absolute Gasteiger partial charge is 0.395 e. The van der Waals surface area contributed by atoms with Crippen LogP contribution in [0.4, 0.5) is 13.2 Å². The van der Waals surface area contributed by atoms with Crippen molar-refractivity contribution in [3.63, 3.8) is 0 Å². The van der Waals surface area contributed by atoms with E-state index in [1.165, 1.54) is 29.2 Å². The zero-order valence-electron chi connectivity index (χ0n) is 11.3. The number of nitrogens with zero attached hydrogens (tertiary/aromatic N) is 1. The van der Waals surface area contributed by atoms with Crippen molar-refractivity contribution in [3.8, 4) is 0 Å². The average molecular weight is 368 g/mol. The van der Waals surface area contributed by atoms with Crippen LogP contribution in [0.3, 0.4) is 0 Å². The maximum absolute atomic E-state index is 12.7. The molecule has 120 valence electrons. The van der Waals surface area contributed by atoms with Crippen LogP contribution >= 0.6 is 34.7 Å². The van der Waals surface area contributed by atoms with Gasteiger partial charge in [0.25, 0.3) is 0 Å². The lowest BCUT2D eigenvalue weighted by molar-refractivity contribution is -0.137. The number of alkyl halides is 3. The molecule has 0 saturated heterocycles. The lowest BCUT2D eigenvalue weighted by Gasteiger charge is -2.16. The number of halogens is 4. The Kier molecular flexibility index (Phi) is 6.14. The summed E-state index contributed by atoms with van der Waals surface area (Å²) in [7, 11) is 0. The molecule has 22 heavy (non-hydrogen) atoms. The molecule has 0 aliphatic carbocycles. The van der Waals surface area contributed by atoms with Crippen molar-refractivity contribution in [2.45, 2.75) is 29.2 Å². The summed E-state index contributed by atoms with van der Waals surface area (Å²) in [6.07, 6.45) is -1.30. The first-order valence-corrected chi connectivity index (χ1v) is 8.55. The summed E-state index contributed by atoms with van der Waals surface area (Å²) in [5.74, 6) is 0. The number of rotatable bonds is 6. The van der Waals surface area contributed by atoms with Gasteiger partial charge in [0.1, 0.15) is 0 Å². The standard InChI is InChI=1S/C14H13ClF3NOS2/c15-12-4-1-9(14(16,17)18)5-13(12)22-11(7-20)3-2-10-6-19-8-21-10/h1,4-6,8,11,20H,2-3,7H2/t11-/m0/s1. The van der Waals surface area contributed by atoms with E-state index in [0.717, 1.165) is 23.4 Å². The van der Waals surface area contributed by atoms with E-state index in [-0.39, 0.29) is 16.9 Å². The van der Waals surface area contributed by atoms with Gasteiger partial charge in [0.05, 0.1) is 22.7 Å². The molecule has 2 rings (SSSR count).